The SMILES string of the molecule is COc1ccc(Cl)c(CC#N)c1C(F)(F)F. The molecule has 1 aromatic carbocycles. The number of methoxy groups -OCH3 is 1. The highest BCUT2D eigenvalue weighted by molar-refractivity contribution is 6.31. The molecule has 0 aliphatic heterocycles. The second-order valence-corrected chi connectivity index (χ2v) is 3.34. The Hall–Kier alpha value is -1.41. The molecule has 1 aromatic rings. The van der Waals surface area contributed by atoms with Crippen LogP contribution in [-0.4, -0.2) is 7.11 Å². The van der Waals surface area contributed by atoms with Gasteiger partial charge in [0.15, 0.2) is 0 Å². The van der Waals surface area contributed by atoms with E-state index in [0.29, 0.717) is 0 Å². The Bertz CT molecular complexity index is 437. The van der Waals surface area contributed by atoms with E-state index in [4.69, 9.17) is 16.9 Å². The average Bonchev–Trinajstić information content (AvgIpc) is 2.19. The van der Waals surface area contributed by atoms with Crippen molar-refractivity contribution in [1.82, 2.24) is 0 Å². The van der Waals surface area contributed by atoms with Gasteiger partial charge in [-0.25, -0.2) is 0 Å². The summed E-state index contributed by atoms with van der Waals surface area (Å²) < 4.78 is 42.9. The number of alkyl halides is 3. The molecule has 0 aliphatic rings. The van der Waals surface area contributed by atoms with Crippen LogP contribution in [0.15, 0.2) is 12.1 Å². The van der Waals surface area contributed by atoms with Gasteiger partial charge in [-0.05, 0) is 12.1 Å². The maximum Gasteiger partial charge on any atom is 0.420 e. The van der Waals surface area contributed by atoms with E-state index in [1.807, 2.05) is 0 Å². The van der Waals surface area contributed by atoms with Crippen molar-refractivity contribution in [3.8, 4) is 11.8 Å². The molecule has 0 atom stereocenters. The Morgan fingerprint density at radius 1 is 1.44 bits per heavy atom. The molecule has 2 nitrogen and oxygen atoms in total. The number of benzene rings is 1. The summed E-state index contributed by atoms with van der Waals surface area (Å²) in [5.41, 5.74) is -1.24. The summed E-state index contributed by atoms with van der Waals surface area (Å²) in [6, 6.07) is 4.06. The molecule has 0 saturated carbocycles. The van der Waals surface area contributed by atoms with E-state index >= 15 is 0 Å². The van der Waals surface area contributed by atoms with Gasteiger partial charge in [0.05, 0.1) is 19.6 Å². The molecule has 0 N–H and O–H groups in total. The number of rotatable bonds is 2. The average molecular weight is 250 g/mol. The third-order valence-corrected chi connectivity index (χ3v) is 2.33. The number of nitrogens with zero attached hydrogens (tertiary/aromatic N) is 1. The van der Waals surface area contributed by atoms with Gasteiger partial charge in [-0.1, -0.05) is 11.6 Å². The number of hydrogen-bond donors (Lipinski definition) is 0. The van der Waals surface area contributed by atoms with Crippen LogP contribution >= 0.6 is 11.6 Å². The Morgan fingerprint density at radius 2 is 2.06 bits per heavy atom. The molecule has 0 spiro atoms. The first-order valence-electron chi connectivity index (χ1n) is 4.21. The zero-order valence-corrected chi connectivity index (χ0v) is 8.99. The monoisotopic (exact) mass is 249 g/mol. The first kappa shape index (κ1) is 12.7. The van der Waals surface area contributed by atoms with Crippen molar-refractivity contribution in [2.24, 2.45) is 0 Å². The lowest BCUT2D eigenvalue weighted by atomic mass is 10.0. The highest BCUT2D eigenvalue weighted by atomic mass is 35.5. The van der Waals surface area contributed by atoms with Crippen LogP contribution in [0.2, 0.25) is 5.02 Å². The molecular weight excluding hydrogens is 243 g/mol. The van der Waals surface area contributed by atoms with Crippen LogP contribution in [0.1, 0.15) is 11.1 Å². The molecular formula is C10H7ClF3NO. The largest absolute Gasteiger partial charge is 0.496 e. The van der Waals surface area contributed by atoms with E-state index in [2.05, 4.69) is 4.74 Å². The Morgan fingerprint density at radius 3 is 2.50 bits per heavy atom. The van der Waals surface area contributed by atoms with E-state index in [1.165, 1.54) is 6.07 Å². The van der Waals surface area contributed by atoms with Crippen molar-refractivity contribution in [2.75, 3.05) is 7.11 Å². The Labute approximate surface area is 95.2 Å². The molecule has 16 heavy (non-hydrogen) atoms. The Balaban J connectivity index is 3.50. The van der Waals surface area contributed by atoms with Crippen LogP contribution in [0, 0.1) is 11.3 Å². The summed E-state index contributed by atoms with van der Waals surface area (Å²) in [7, 11) is 1.13. The molecule has 0 aliphatic carbocycles. The van der Waals surface area contributed by atoms with E-state index in [1.54, 1.807) is 6.07 Å². The smallest absolute Gasteiger partial charge is 0.420 e. The Kier molecular flexibility index (Phi) is 3.66. The van der Waals surface area contributed by atoms with Crippen LogP contribution in [-0.2, 0) is 12.6 Å². The summed E-state index contributed by atoms with van der Waals surface area (Å²) in [5.74, 6) is -0.331. The summed E-state index contributed by atoms with van der Waals surface area (Å²) >= 11 is 5.64. The lowest BCUT2D eigenvalue weighted by molar-refractivity contribution is -0.139. The molecule has 0 amide bonds. The van der Waals surface area contributed by atoms with Gasteiger partial charge in [-0.2, -0.15) is 18.4 Å². The standard InChI is InChI=1S/C10H7ClF3NO/c1-16-8-3-2-7(11)6(4-5-15)9(8)10(12,13)14/h2-3H,4H2,1H3. The van der Waals surface area contributed by atoms with Gasteiger partial charge >= 0.3 is 6.18 Å². The number of nitriles is 1. The van der Waals surface area contributed by atoms with Gasteiger partial charge in [-0.15, -0.1) is 0 Å². The summed E-state index contributed by atoms with van der Waals surface area (Å²) in [6.45, 7) is 0. The quantitative estimate of drug-likeness (QED) is 0.804. The van der Waals surface area contributed by atoms with Crippen molar-refractivity contribution in [3.63, 3.8) is 0 Å². The minimum absolute atomic E-state index is 0.0883. The van der Waals surface area contributed by atoms with Gasteiger partial charge in [0.2, 0.25) is 0 Å². The predicted octanol–water partition coefficient (Wildman–Crippen LogP) is 3.43. The highest BCUT2D eigenvalue weighted by Crippen LogP contribution is 2.41. The van der Waals surface area contributed by atoms with Crippen molar-refractivity contribution >= 4 is 11.6 Å². The lowest BCUT2D eigenvalue weighted by Gasteiger charge is -2.16. The third-order valence-electron chi connectivity index (χ3n) is 1.98. The van der Waals surface area contributed by atoms with Gasteiger partial charge in [0.25, 0.3) is 0 Å². The zero-order chi connectivity index (χ0) is 12.3. The van der Waals surface area contributed by atoms with Gasteiger partial charge in [0.1, 0.15) is 11.3 Å². The maximum absolute atomic E-state index is 12.8. The van der Waals surface area contributed by atoms with Crippen LogP contribution < -0.4 is 4.74 Å². The molecule has 0 fully saturated rings. The first-order valence-corrected chi connectivity index (χ1v) is 4.59. The summed E-state index contributed by atoms with van der Waals surface area (Å²) in [5, 5.41) is 8.39. The van der Waals surface area contributed by atoms with E-state index in [0.717, 1.165) is 13.2 Å². The number of ether oxygens (including phenoxy) is 1. The predicted molar refractivity (Wildman–Crippen MR) is 52.3 cm³/mol. The fourth-order valence-electron chi connectivity index (χ4n) is 1.33. The molecule has 1 rings (SSSR count). The minimum Gasteiger partial charge on any atom is -0.496 e. The highest BCUT2D eigenvalue weighted by Gasteiger charge is 2.37. The van der Waals surface area contributed by atoms with E-state index < -0.39 is 18.2 Å². The fraction of sp³-hybridized carbons (Fsp3) is 0.300. The van der Waals surface area contributed by atoms with Gasteiger partial charge in [0, 0.05) is 10.6 Å². The van der Waals surface area contributed by atoms with Crippen molar-refractivity contribution < 1.29 is 17.9 Å². The topological polar surface area (TPSA) is 33.0 Å². The van der Waals surface area contributed by atoms with E-state index in [-0.39, 0.29) is 16.3 Å². The normalized spacial score (nSPS) is 11.0. The molecule has 0 heterocycles. The number of halogens is 4. The van der Waals surface area contributed by atoms with Crippen LogP contribution in [0.5, 0.6) is 5.75 Å². The molecule has 0 radical (unpaired) electrons. The lowest BCUT2D eigenvalue weighted by Crippen LogP contribution is -2.11. The summed E-state index contributed by atoms with van der Waals surface area (Å²) in [6.07, 6.45) is -5.01. The van der Waals surface area contributed by atoms with Crippen LogP contribution in [0.3, 0.4) is 0 Å². The molecule has 6 heteroatoms. The van der Waals surface area contributed by atoms with E-state index in [9.17, 15) is 13.2 Å². The molecule has 0 unspecified atom stereocenters. The maximum atomic E-state index is 12.8. The fourth-order valence-corrected chi connectivity index (χ4v) is 1.56. The van der Waals surface area contributed by atoms with Crippen LogP contribution in [0.25, 0.3) is 0 Å². The minimum atomic E-state index is -4.59. The molecule has 0 bridgehead atoms. The van der Waals surface area contributed by atoms with Gasteiger partial charge < -0.3 is 4.74 Å². The summed E-state index contributed by atoms with van der Waals surface area (Å²) in [4.78, 5) is 0. The second-order valence-electron chi connectivity index (χ2n) is 2.94. The second kappa shape index (κ2) is 4.62. The van der Waals surface area contributed by atoms with Gasteiger partial charge in [-0.3, -0.25) is 0 Å². The third kappa shape index (κ3) is 2.39. The first-order chi connectivity index (χ1) is 7.41. The van der Waals surface area contributed by atoms with Crippen molar-refractivity contribution in [2.45, 2.75) is 12.6 Å². The molecule has 0 aromatic heterocycles. The molecule has 86 valence electrons. The van der Waals surface area contributed by atoms with Crippen molar-refractivity contribution in [3.05, 3.63) is 28.3 Å². The number of hydrogen-bond acceptors (Lipinski definition) is 2. The van der Waals surface area contributed by atoms with Crippen molar-refractivity contribution in [1.29, 1.82) is 5.26 Å². The zero-order valence-electron chi connectivity index (χ0n) is 8.23. The molecule has 0 saturated heterocycles. The van der Waals surface area contributed by atoms with Crippen LogP contribution in [0.4, 0.5) is 13.2 Å².